The van der Waals surface area contributed by atoms with Gasteiger partial charge in [0.15, 0.2) is 0 Å². The highest BCUT2D eigenvalue weighted by Crippen LogP contribution is 2.30. The van der Waals surface area contributed by atoms with Gasteiger partial charge in [0.05, 0.1) is 9.95 Å². The fourth-order valence-corrected chi connectivity index (χ4v) is 2.59. The number of aliphatic carboxylic acids is 1. The largest absolute Gasteiger partial charge is 0.480 e. The van der Waals surface area contributed by atoms with E-state index in [0.717, 1.165) is 11.8 Å². The van der Waals surface area contributed by atoms with E-state index in [-0.39, 0.29) is 16.5 Å². The van der Waals surface area contributed by atoms with Crippen molar-refractivity contribution < 1.29 is 19.6 Å². The molecule has 1 aromatic carbocycles. The molecular weight excluding hydrogens is 308 g/mol. The van der Waals surface area contributed by atoms with Gasteiger partial charge in [-0.05, 0) is 6.07 Å². The molecule has 0 fully saturated rings. The second-order valence-electron chi connectivity index (χ2n) is 3.77. The summed E-state index contributed by atoms with van der Waals surface area (Å²) in [6.07, 6.45) is 0. The molecule has 0 aromatic heterocycles. The quantitative estimate of drug-likeness (QED) is 0.471. The zero-order valence-corrected chi connectivity index (χ0v) is 11.9. The first-order valence-electron chi connectivity index (χ1n) is 5.38. The van der Waals surface area contributed by atoms with Crippen LogP contribution < -0.4 is 5.32 Å². The van der Waals surface area contributed by atoms with Crippen molar-refractivity contribution in [2.24, 2.45) is 0 Å². The summed E-state index contributed by atoms with van der Waals surface area (Å²) in [6.45, 7) is 1.22. The number of hydrogen-bond donors (Lipinski definition) is 2. The third-order valence-corrected chi connectivity index (χ3v) is 3.80. The smallest absolute Gasteiger partial charge is 0.327 e. The number of nitrogens with zero attached hydrogens (tertiary/aromatic N) is 1. The van der Waals surface area contributed by atoms with E-state index in [0.29, 0.717) is 4.90 Å². The van der Waals surface area contributed by atoms with Gasteiger partial charge in [0.1, 0.15) is 6.04 Å². The van der Waals surface area contributed by atoms with Crippen LogP contribution in [0.3, 0.4) is 0 Å². The zero-order chi connectivity index (χ0) is 15.3. The highest BCUT2D eigenvalue weighted by Gasteiger charge is 2.19. The molecule has 7 nitrogen and oxygen atoms in total. The lowest BCUT2D eigenvalue weighted by atomic mass is 10.3. The van der Waals surface area contributed by atoms with E-state index in [1.165, 1.54) is 25.1 Å². The number of carboxylic acid groups (broad SMARTS) is 1. The Morgan fingerprint density at radius 1 is 1.55 bits per heavy atom. The van der Waals surface area contributed by atoms with Gasteiger partial charge in [0, 0.05) is 29.7 Å². The van der Waals surface area contributed by atoms with Crippen LogP contribution in [-0.4, -0.2) is 33.7 Å². The topological polar surface area (TPSA) is 110 Å². The molecule has 0 saturated heterocycles. The van der Waals surface area contributed by atoms with Crippen LogP contribution >= 0.6 is 23.4 Å². The summed E-state index contributed by atoms with van der Waals surface area (Å²) in [4.78, 5) is 32.3. The third-order valence-electron chi connectivity index (χ3n) is 2.21. The van der Waals surface area contributed by atoms with Crippen molar-refractivity contribution in [1.29, 1.82) is 0 Å². The maximum atomic E-state index is 10.9. The highest BCUT2D eigenvalue weighted by molar-refractivity contribution is 7.99. The molecule has 1 atom stereocenters. The minimum absolute atomic E-state index is 0.0619. The molecule has 0 aliphatic carbocycles. The number of nitro benzene ring substituents is 1. The standard InChI is InChI=1S/C11H11ClN2O5S/c1-6(15)13-9(11(16)17)5-20-10-3-2-7(14(18)19)4-8(10)12/h2-4,9H,5H2,1H3,(H,13,15)(H,16,17)/t9-/m0/s1. The van der Waals surface area contributed by atoms with Crippen LogP contribution in [0.5, 0.6) is 0 Å². The van der Waals surface area contributed by atoms with Crippen LogP contribution in [0.1, 0.15) is 6.92 Å². The summed E-state index contributed by atoms with van der Waals surface area (Å²) in [6, 6.07) is 2.86. The van der Waals surface area contributed by atoms with Gasteiger partial charge in [-0.2, -0.15) is 0 Å². The number of non-ortho nitro benzene ring substituents is 1. The first kappa shape index (κ1) is 16.3. The van der Waals surface area contributed by atoms with Gasteiger partial charge in [-0.15, -0.1) is 11.8 Å². The van der Waals surface area contributed by atoms with Crippen LogP contribution in [0.4, 0.5) is 5.69 Å². The van der Waals surface area contributed by atoms with Crippen LogP contribution in [0.2, 0.25) is 5.02 Å². The number of halogens is 1. The third kappa shape index (κ3) is 4.71. The Balaban J connectivity index is 2.75. The van der Waals surface area contributed by atoms with Gasteiger partial charge in [0.25, 0.3) is 5.69 Å². The van der Waals surface area contributed by atoms with Crippen molar-refractivity contribution in [2.75, 3.05) is 5.75 Å². The fraction of sp³-hybridized carbons (Fsp3) is 0.273. The van der Waals surface area contributed by atoms with Crippen molar-refractivity contribution in [2.45, 2.75) is 17.9 Å². The number of nitro groups is 1. The van der Waals surface area contributed by atoms with Crippen molar-refractivity contribution in [3.05, 3.63) is 33.3 Å². The van der Waals surface area contributed by atoms with E-state index in [1.807, 2.05) is 0 Å². The van der Waals surface area contributed by atoms with E-state index in [2.05, 4.69) is 5.32 Å². The average molecular weight is 319 g/mol. The lowest BCUT2D eigenvalue weighted by Crippen LogP contribution is -2.41. The molecule has 1 rings (SSSR count). The van der Waals surface area contributed by atoms with Crippen molar-refractivity contribution in [3.63, 3.8) is 0 Å². The van der Waals surface area contributed by atoms with E-state index in [9.17, 15) is 19.7 Å². The molecule has 20 heavy (non-hydrogen) atoms. The van der Waals surface area contributed by atoms with E-state index in [4.69, 9.17) is 16.7 Å². The number of carbonyl (C=O) groups excluding carboxylic acids is 1. The minimum atomic E-state index is -1.16. The number of benzene rings is 1. The first-order valence-corrected chi connectivity index (χ1v) is 6.74. The molecule has 0 radical (unpaired) electrons. The number of rotatable bonds is 6. The Hall–Kier alpha value is -1.80. The van der Waals surface area contributed by atoms with E-state index >= 15 is 0 Å². The molecule has 0 aliphatic rings. The van der Waals surface area contributed by atoms with Gasteiger partial charge in [-0.25, -0.2) is 4.79 Å². The summed E-state index contributed by atoms with van der Waals surface area (Å²) in [5, 5.41) is 21.9. The molecule has 1 amide bonds. The molecule has 0 saturated carbocycles. The van der Waals surface area contributed by atoms with Crippen LogP contribution in [-0.2, 0) is 9.59 Å². The number of nitrogens with one attached hydrogen (secondary N) is 1. The Morgan fingerprint density at radius 3 is 2.65 bits per heavy atom. The van der Waals surface area contributed by atoms with Crippen molar-refractivity contribution >= 4 is 40.9 Å². The number of carboxylic acids is 1. The normalized spacial score (nSPS) is 11.7. The fourth-order valence-electron chi connectivity index (χ4n) is 1.31. The van der Waals surface area contributed by atoms with Gasteiger partial charge >= 0.3 is 5.97 Å². The molecule has 0 heterocycles. The summed E-state index contributed by atoms with van der Waals surface area (Å²) in [5.74, 6) is -1.55. The second-order valence-corrected chi connectivity index (χ2v) is 5.24. The summed E-state index contributed by atoms with van der Waals surface area (Å²) in [5.41, 5.74) is -0.143. The minimum Gasteiger partial charge on any atom is -0.480 e. The molecule has 2 N–H and O–H groups in total. The number of thioether (sulfide) groups is 1. The molecule has 0 aliphatic heterocycles. The predicted molar refractivity (Wildman–Crippen MR) is 74.1 cm³/mol. The molecule has 9 heteroatoms. The van der Waals surface area contributed by atoms with E-state index < -0.39 is 22.8 Å². The highest BCUT2D eigenvalue weighted by atomic mass is 35.5. The molecule has 1 aromatic rings. The van der Waals surface area contributed by atoms with Gasteiger partial charge < -0.3 is 10.4 Å². The summed E-state index contributed by atoms with van der Waals surface area (Å²) in [7, 11) is 0. The first-order chi connectivity index (χ1) is 9.31. The second kappa shape index (κ2) is 7.11. The van der Waals surface area contributed by atoms with Gasteiger partial charge in [-0.1, -0.05) is 11.6 Å². The molecule has 0 spiro atoms. The van der Waals surface area contributed by atoms with Gasteiger partial charge in [0.2, 0.25) is 5.91 Å². The zero-order valence-electron chi connectivity index (χ0n) is 10.3. The summed E-state index contributed by atoms with van der Waals surface area (Å²) >= 11 is 6.98. The Kier molecular flexibility index (Phi) is 5.78. The maximum Gasteiger partial charge on any atom is 0.327 e. The maximum absolute atomic E-state index is 10.9. The Bertz CT molecular complexity index is 552. The summed E-state index contributed by atoms with van der Waals surface area (Å²) < 4.78 is 0. The molecule has 0 unspecified atom stereocenters. The Morgan fingerprint density at radius 2 is 2.20 bits per heavy atom. The molecular formula is C11H11ClN2O5S. The monoisotopic (exact) mass is 318 g/mol. The number of amides is 1. The molecule has 0 bridgehead atoms. The van der Waals surface area contributed by atoms with Crippen molar-refractivity contribution in [3.8, 4) is 0 Å². The predicted octanol–water partition coefficient (Wildman–Crippen LogP) is 1.93. The lowest BCUT2D eigenvalue weighted by Gasteiger charge is -2.13. The van der Waals surface area contributed by atoms with Crippen LogP contribution in [0.15, 0.2) is 23.1 Å². The van der Waals surface area contributed by atoms with Crippen molar-refractivity contribution in [1.82, 2.24) is 5.32 Å². The van der Waals surface area contributed by atoms with E-state index in [1.54, 1.807) is 0 Å². The Labute approximate surface area is 123 Å². The number of hydrogen-bond acceptors (Lipinski definition) is 5. The van der Waals surface area contributed by atoms with Crippen LogP contribution in [0, 0.1) is 10.1 Å². The van der Waals surface area contributed by atoms with Crippen LogP contribution in [0.25, 0.3) is 0 Å². The average Bonchev–Trinajstić information content (AvgIpc) is 2.34. The van der Waals surface area contributed by atoms with Gasteiger partial charge in [-0.3, -0.25) is 14.9 Å². The SMILES string of the molecule is CC(=O)N[C@@H](CSc1ccc([N+](=O)[O-])cc1Cl)C(=O)O. The number of carbonyl (C=O) groups is 2. The lowest BCUT2D eigenvalue weighted by molar-refractivity contribution is -0.384. The molecule has 108 valence electrons.